The van der Waals surface area contributed by atoms with Gasteiger partial charge in [-0.05, 0) is 6.92 Å². The van der Waals surface area contributed by atoms with Crippen molar-refractivity contribution in [3.05, 3.63) is 24.3 Å². The number of hydrogen-bond donors (Lipinski definition) is 1. The molecule has 84 valence electrons. The van der Waals surface area contributed by atoms with Crippen molar-refractivity contribution < 1.29 is 4.74 Å². The fourth-order valence-electron chi connectivity index (χ4n) is 1.33. The van der Waals surface area contributed by atoms with E-state index in [9.17, 15) is 0 Å². The van der Waals surface area contributed by atoms with Crippen molar-refractivity contribution in [2.45, 2.75) is 6.92 Å². The van der Waals surface area contributed by atoms with E-state index in [1.165, 1.54) is 0 Å². The van der Waals surface area contributed by atoms with Crippen LogP contribution in [0.15, 0.2) is 18.6 Å². The SMILES string of the molecule is COc1cnc(Nc2cn(C)nc2C)nc1. The molecule has 2 heterocycles. The van der Waals surface area contributed by atoms with Gasteiger partial charge in [0, 0.05) is 13.2 Å². The Morgan fingerprint density at radius 2 is 2.00 bits per heavy atom. The first-order valence-electron chi connectivity index (χ1n) is 4.82. The maximum atomic E-state index is 4.98. The predicted octanol–water partition coefficient (Wildman–Crippen LogP) is 1.27. The summed E-state index contributed by atoms with van der Waals surface area (Å²) in [5.74, 6) is 1.16. The van der Waals surface area contributed by atoms with Gasteiger partial charge in [0.05, 0.1) is 30.9 Å². The van der Waals surface area contributed by atoms with Gasteiger partial charge in [-0.1, -0.05) is 0 Å². The average Bonchev–Trinajstić information content (AvgIpc) is 2.59. The topological polar surface area (TPSA) is 64.9 Å². The predicted molar refractivity (Wildman–Crippen MR) is 59.8 cm³/mol. The van der Waals surface area contributed by atoms with Crippen LogP contribution < -0.4 is 10.1 Å². The number of ether oxygens (including phenoxy) is 1. The highest BCUT2D eigenvalue weighted by atomic mass is 16.5. The van der Waals surface area contributed by atoms with Gasteiger partial charge in [0.1, 0.15) is 0 Å². The van der Waals surface area contributed by atoms with Gasteiger partial charge in [0.2, 0.25) is 5.95 Å². The molecule has 6 heteroatoms. The number of aromatic nitrogens is 4. The number of anilines is 2. The minimum atomic E-state index is 0.525. The summed E-state index contributed by atoms with van der Waals surface area (Å²) in [6.07, 6.45) is 5.10. The van der Waals surface area contributed by atoms with Gasteiger partial charge in [-0.3, -0.25) is 4.68 Å². The van der Waals surface area contributed by atoms with E-state index in [1.54, 1.807) is 24.2 Å². The number of nitrogens with one attached hydrogen (secondary N) is 1. The fraction of sp³-hybridized carbons (Fsp3) is 0.300. The van der Waals surface area contributed by atoms with Gasteiger partial charge in [-0.25, -0.2) is 9.97 Å². The van der Waals surface area contributed by atoms with Gasteiger partial charge in [0.25, 0.3) is 0 Å². The summed E-state index contributed by atoms with van der Waals surface area (Å²) in [6, 6.07) is 0. The first kappa shape index (κ1) is 10.4. The second-order valence-electron chi connectivity index (χ2n) is 3.37. The van der Waals surface area contributed by atoms with Gasteiger partial charge in [-0.2, -0.15) is 5.10 Å². The smallest absolute Gasteiger partial charge is 0.227 e. The quantitative estimate of drug-likeness (QED) is 0.842. The van der Waals surface area contributed by atoms with E-state index < -0.39 is 0 Å². The standard InChI is InChI=1S/C10H13N5O/c1-7-9(6-15(2)14-7)13-10-11-4-8(16-3)5-12-10/h4-6H,1-3H3,(H,11,12,13). The minimum absolute atomic E-state index is 0.525. The van der Waals surface area contributed by atoms with Crippen LogP contribution in [-0.2, 0) is 7.05 Å². The van der Waals surface area contributed by atoms with Crippen molar-refractivity contribution in [1.82, 2.24) is 19.7 Å². The van der Waals surface area contributed by atoms with E-state index in [4.69, 9.17) is 4.74 Å². The van der Waals surface area contributed by atoms with Crippen molar-refractivity contribution in [1.29, 1.82) is 0 Å². The van der Waals surface area contributed by atoms with Crippen LogP contribution in [-0.4, -0.2) is 26.9 Å². The van der Waals surface area contributed by atoms with Crippen LogP contribution in [0, 0.1) is 6.92 Å². The third-order valence-electron chi connectivity index (χ3n) is 2.12. The summed E-state index contributed by atoms with van der Waals surface area (Å²) in [6.45, 7) is 1.92. The molecule has 16 heavy (non-hydrogen) atoms. The highest BCUT2D eigenvalue weighted by molar-refractivity contribution is 5.54. The summed E-state index contributed by atoms with van der Waals surface area (Å²) in [5.41, 5.74) is 1.80. The lowest BCUT2D eigenvalue weighted by Gasteiger charge is -2.03. The molecular formula is C10H13N5O. The number of hydrogen-bond acceptors (Lipinski definition) is 5. The largest absolute Gasteiger partial charge is 0.494 e. The molecular weight excluding hydrogens is 206 g/mol. The molecule has 0 saturated heterocycles. The molecule has 0 radical (unpaired) electrons. The Bertz CT molecular complexity index is 476. The first-order chi connectivity index (χ1) is 7.69. The fourth-order valence-corrected chi connectivity index (χ4v) is 1.33. The molecule has 2 rings (SSSR count). The lowest BCUT2D eigenvalue weighted by atomic mass is 10.4. The highest BCUT2D eigenvalue weighted by Gasteiger charge is 2.04. The summed E-state index contributed by atoms with van der Waals surface area (Å²) >= 11 is 0. The van der Waals surface area contributed by atoms with E-state index in [-0.39, 0.29) is 0 Å². The molecule has 2 aromatic rings. The average molecular weight is 219 g/mol. The van der Waals surface area contributed by atoms with Gasteiger partial charge in [-0.15, -0.1) is 0 Å². The van der Waals surface area contributed by atoms with Crippen LogP contribution >= 0.6 is 0 Å². The van der Waals surface area contributed by atoms with Crippen LogP contribution in [0.5, 0.6) is 5.75 Å². The molecule has 0 spiro atoms. The summed E-state index contributed by atoms with van der Waals surface area (Å²) in [7, 11) is 3.45. The van der Waals surface area contributed by atoms with Crippen molar-refractivity contribution in [2.75, 3.05) is 12.4 Å². The van der Waals surface area contributed by atoms with E-state index in [2.05, 4.69) is 20.4 Å². The van der Waals surface area contributed by atoms with E-state index in [0.29, 0.717) is 11.7 Å². The minimum Gasteiger partial charge on any atom is -0.494 e. The molecule has 0 fully saturated rings. The van der Waals surface area contributed by atoms with Gasteiger partial charge < -0.3 is 10.1 Å². The zero-order valence-corrected chi connectivity index (χ0v) is 9.43. The third-order valence-corrected chi connectivity index (χ3v) is 2.12. The first-order valence-corrected chi connectivity index (χ1v) is 4.82. The zero-order chi connectivity index (χ0) is 11.5. The van der Waals surface area contributed by atoms with E-state index in [1.807, 2.05) is 20.2 Å². The second kappa shape index (κ2) is 4.18. The van der Waals surface area contributed by atoms with Crippen molar-refractivity contribution >= 4 is 11.6 Å². The van der Waals surface area contributed by atoms with Crippen LogP contribution in [0.4, 0.5) is 11.6 Å². The number of aryl methyl sites for hydroxylation is 2. The molecule has 0 aromatic carbocycles. The van der Waals surface area contributed by atoms with Crippen molar-refractivity contribution in [3.63, 3.8) is 0 Å². The lowest BCUT2D eigenvalue weighted by Crippen LogP contribution is -1.97. The zero-order valence-electron chi connectivity index (χ0n) is 9.43. The molecule has 0 unspecified atom stereocenters. The second-order valence-corrected chi connectivity index (χ2v) is 3.37. The Hall–Kier alpha value is -2.11. The van der Waals surface area contributed by atoms with E-state index >= 15 is 0 Å². The molecule has 6 nitrogen and oxygen atoms in total. The maximum Gasteiger partial charge on any atom is 0.227 e. The van der Waals surface area contributed by atoms with Crippen LogP contribution in [0.25, 0.3) is 0 Å². The Kier molecular flexibility index (Phi) is 2.72. The Balaban J connectivity index is 2.17. The Labute approximate surface area is 93.3 Å². The molecule has 0 bridgehead atoms. The number of nitrogens with zero attached hydrogens (tertiary/aromatic N) is 4. The highest BCUT2D eigenvalue weighted by Crippen LogP contribution is 2.16. The summed E-state index contributed by atoms with van der Waals surface area (Å²) in [5, 5.41) is 7.30. The van der Waals surface area contributed by atoms with Crippen LogP contribution in [0.2, 0.25) is 0 Å². The molecule has 1 N–H and O–H groups in total. The molecule has 2 aromatic heterocycles. The molecule has 0 aliphatic carbocycles. The van der Waals surface area contributed by atoms with Crippen LogP contribution in [0.3, 0.4) is 0 Å². The van der Waals surface area contributed by atoms with Crippen molar-refractivity contribution in [2.24, 2.45) is 7.05 Å². The molecule has 0 amide bonds. The van der Waals surface area contributed by atoms with Crippen molar-refractivity contribution in [3.8, 4) is 5.75 Å². The molecule has 0 aliphatic heterocycles. The normalized spacial score (nSPS) is 10.2. The molecule has 0 atom stereocenters. The van der Waals surface area contributed by atoms with Crippen LogP contribution in [0.1, 0.15) is 5.69 Å². The maximum absolute atomic E-state index is 4.98. The third kappa shape index (κ3) is 2.10. The van der Waals surface area contributed by atoms with Gasteiger partial charge >= 0.3 is 0 Å². The molecule has 0 saturated carbocycles. The summed E-state index contributed by atoms with van der Waals surface area (Å²) < 4.78 is 6.72. The summed E-state index contributed by atoms with van der Waals surface area (Å²) in [4.78, 5) is 8.22. The van der Waals surface area contributed by atoms with E-state index in [0.717, 1.165) is 11.4 Å². The Morgan fingerprint density at radius 1 is 1.31 bits per heavy atom. The molecule has 0 aliphatic rings. The monoisotopic (exact) mass is 219 g/mol. The number of rotatable bonds is 3. The Morgan fingerprint density at radius 3 is 2.50 bits per heavy atom. The lowest BCUT2D eigenvalue weighted by molar-refractivity contribution is 0.411. The van der Waals surface area contributed by atoms with Gasteiger partial charge in [0.15, 0.2) is 5.75 Å². The number of methoxy groups -OCH3 is 1.